The van der Waals surface area contributed by atoms with Gasteiger partial charge in [-0.05, 0) is 36.8 Å². The molecule has 0 aromatic carbocycles. The fourth-order valence-corrected chi connectivity index (χ4v) is 3.91. The number of hydrogen-bond acceptors (Lipinski definition) is 8. The zero-order valence-corrected chi connectivity index (χ0v) is 17.3. The standard InChI is InChI=1S/C16H24N3O8PS/c1-9-14(20)11(10(6-18-9)8-28(25,26)27)7-19-13(16(23)24)3-5-29-4-2-12(17)15(21)22/h6-7,12-13,20H,2-5,8,17H2,1H3,(H,21,22)(H,23,24)(H2,25,26,27)/t12-,13-/m0/s1. The number of aromatic hydroxyl groups is 1. The number of thioether (sulfide) groups is 1. The second-order valence-corrected chi connectivity index (χ2v) is 9.09. The molecule has 162 valence electrons. The number of rotatable bonds is 12. The summed E-state index contributed by atoms with van der Waals surface area (Å²) < 4.78 is 11.3. The summed E-state index contributed by atoms with van der Waals surface area (Å²) in [6, 6.07) is -2.12. The smallest absolute Gasteiger partial charge is 0.329 e. The molecule has 7 N–H and O–H groups in total. The second-order valence-electron chi connectivity index (χ2n) is 6.22. The fraction of sp³-hybridized carbons (Fsp3) is 0.500. The summed E-state index contributed by atoms with van der Waals surface area (Å²) in [5.41, 5.74) is 5.65. The first-order chi connectivity index (χ1) is 13.4. The van der Waals surface area contributed by atoms with Crippen LogP contribution >= 0.6 is 19.4 Å². The molecular formula is C16H24N3O8PS. The molecule has 0 saturated carbocycles. The largest absolute Gasteiger partial charge is 0.505 e. The van der Waals surface area contributed by atoms with Gasteiger partial charge in [0.1, 0.15) is 17.8 Å². The lowest BCUT2D eigenvalue weighted by atomic mass is 10.1. The lowest BCUT2D eigenvalue weighted by Gasteiger charge is -2.12. The average molecular weight is 449 g/mol. The summed E-state index contributed by atoms with van der Waals surface area (Å²) in [5.74, 6) is -1.80. The zero-order chi connectivity index (χ0) is 22.2. The lowest BCUT2D eigenvalue weighted by Crippen LogP contribution is -2.30. The van der Waals surface area contributed by atoms with Crippen LogP contribution < -0.4 is 5.73 Å². The molecule has 0 unspecified atom stereocenters. The Morgan fingerprint density at radius 1 is 1.28 bits per heavy atom. The Morgan fingerprint density at radius 3 is 2.45 bits per heavy atom. The number of pyridine rings is 1. The predicted octanol–water partition coefficient (Wildman–Crippen LogP) is 0.571. The van der Waals surface area contributed by atoms with Crippen LogP contribution in [0.25, 0.3) is 0 Å². The zero-order valence-electron chi connectivity index (χ0n) is 15.6. The van der Waals surface area contributed by atoms with Gasteiger partial charge in [-0.2, -0.15) is 11.8 Å². The van der Waals surface area contributed by atoms with Crippen molar-refractivity contribution in [3.63, 3.8) is 0 Å². The van der Waals surface area contributed by atoms with Crippen LogP contribution in [0.5, 0.6) is 5.75 Å². The van der Waals surface area contributed by atoms with Gasteiger partial charge in [0.15, 0.2) is 0 Å². The number of hydrogen-bond donors (Lipinski definition) is 6. The molecule has 0 saturated heterocycles. The van der Waals surface area contributed by atoms with E-state index in [0.717, 1.165) is 6.21 Å². The van der Waals surface area contributed by atoms with Crippen molar-refractivity contribution in [2.24, 2.45) is 10.7 Å². The van der Waals surface area contributed by atoms with Crippen molar-refractivity contribution in [2.45, 2.75) is 38.0 Å². The van der Waals surface area contributed by atoms with Crippen LogP contribution in [0.3, 0.4) is 0 Å². The fourth-order valence-electron chi connectivity index (χ4n) is 2.20. The molecule has 13 heteroatoms. The number of carboxylic acids is 2. The maximum absolute atomic E-state index is 11.4. The van der Waals surface area contributed by atoms with E-state index < -0.39 is 37.8 Å². The van der Waals surface area contributed by atoms with E-state index in [-0.39, 0.29) is 35.4 Å². The SMILES string of the molecule is Cc1ncc(CP(=O)(O)O)c(C=N[C@@H](CCSCC[C@H](N)C(=O)O)C(=O)O)c1O. The van der Waals surface area contributed by atoms with Gasteiger partial charge >= 0.3 is 19.5 Å². The summed E-state index contributed by atoms with van der Waals surface area (Å²) in [5, 5.41) is 28.2. The van der Waals surface area contributed by atoms with Gasteiger partial charge < -0.3 is 30.8 Å². The Bertz CT molecular complexity index is 814. The van der Waals surface area contributed by atoms with E-state index in [1.807, 2.05) is 0 Å². The van der Waals surface area contributed by atoms with E-state index in [2.05, 4.69) is 9.98 Å². The van der Waals surface area contributed by atoms with Crippen LogP contribution in [0.1, 0.15) is 29.7 Å². The number of aromatic nitrogens is 1. The van der Waals surface area contributed by atoms with Crippen molar-refractivity contribution in [2.75, 3.05) is 11.5 Å². The Balaban J connectivity index is 2.83. The lowest BCUT2D eigenvalue weighted by molar-refractivity contribution is -0.139. The predicted molar refractivity (Wildman–Crippen MR) is 108 cm³/mol. The van der Waals surface area contributed by atoms with Gasteiger partial charge in [-0.1, -0.05) is 0 Å². The van der Waals surface area contributed by atoms with Crippen LogP contribution in [-0.2, 0) is 20.3 Å². The van der Waals surface area contributed by atoms with Crippen molar-refractivity contribution in [3.8, 4) is 5.75 Å². The third-order valence-corrected chi connectivity index (χ3v) is 5.63. The minimum Gasteiger partial charge on any atom is -0.505 e. The maximum atomic E-state index is 11.4. The van der Waals surface area contributed by atoms with Crippen LogP contribution in [-0.4, -0.2) is 71.8 Å². The Hall–Kier alpha value is -1.98. The van der Waals surface area contributed by atoms with Crippen molar-refractivity contribution in [3.05, 3.63) is 23.0 Å². The van der Waals surface area contributed by atoms with Crippen LogP contribution in [0.2, 0.25) is 0 Å². The first-order valence-electron chi connectivity index (χ1n) is 8.46. The van der Waals surface area contributed by atoms with Crippen molar-refractivity contribution in [1.29, 1.82) is 0 Å². The molecule has 0 spiro atoms. The molecule has 0 fully saturated rings. The monoisotopic (exact) mass is 449 g/mol. The van der Waals surface area contributed by atoms with Crippen molar-refractivity contribution < 1.29 is 39.3 Å². The topological polar surface area (TPSA) is 204 Å². The summed E-state index contributed by atoms with van der Waals surface area (Å²) in [4.78, 5) is 48.2. The number of nitrogens with two attached hydrogens (primary N) is 1. The van der Waals surface area contributed by atoms with Gasteiger partial charge in [0.2, 0.25) is 0 Å². The van der Waals surface area contributed by atoms with Gasteiger partial charge in [0.05, 0.1) is 11.9 Å². The molecular weight excluding hydrogens is 425 g/mol. The molecule has 0 amide bonds. The highest BCUT2D eigenvalue weighted by Crippen LogP contribution is 2.40. The molecule has 1 heterocycles. The van der Waals surface area contributed by atoms with Gasteiger partial charge in [-0.15, -0.1) is 0 Å². The molecule has 11 nitrogen and oxygen atoms in total. The highest BCUT2D eigenvalue weighted by molar-refractivity contribution is 7.99. The van der Waals surface area contributed by atoms with E-state index in [1.54, 1.807) is 0 Å². The molecule has 1 rings (SSSR count). The molecule has 0 radical (unpaired) electrons. The Morgan fingerprint density at radius 2 is 1.90 bits per heavy atom. The molecule has 1 aromatic heterocycles. The van der Waals surface area contributed by atoms with Gasteiger partial charge in [-0.25, -0.2) is 4.79 Å². The molecule has 2 atom stereocenters. The summed E-state index contributed by atoms with van der Waals surface area (Å²) in [6.07, 6.45) is 1.99. The molecule has 29 heavy (non-hydrogen) atoms. The normalized spacial score (nSPS) is 14.1. The second kappa shape index (κ2) is 11.3. The number of aryl methyl sites for hydroxylation is 1. The molecule has 1 aromatic rings. The van der Waals surface area contributed by atoms with E-state index in [1.165, 1.54) is 24.9 Å². The maximum Gasteiger partial charge on any atom is 0.329 e. The van der Waals surface area contributed by atoms with Gasteiger partial charge in [-0.3, -0.25) is 19.3 Å². The molecule has 0 bridgehead atoms. The Kier molecular flexibility index (Phi) is 9.74. The average Bonchev–Trinajstić information content (AvgIpc) is 2.60. The summed E-state index contributed by atoms with van der Waals surface area (Å²) in [6.45, 7) is 1.49. The van der Waals surface area contributed by atoms with E-state index in [4.69, 9.17) is 10.8 Å². The van der Waals surface area contributed by atoms with E-state index in [0.29, 0.717) is 11.5 Å². The number of aliphatic carboxylic acids is 2. The molecule has 0 aliphatic rings. The highest BCUT2D eigenvalue weighted by atomic mass is 32.2. The molecule has 0 aliphatic heterocycles. The van der Waals surface area contributed by atoms with E-state index in [9.17, 15) is 34.2 Å². The Labute approximate surface area is 171 Å². The number of carboxylic acid groups (broad SMARTS) is 2. The number of aliphatic imine (C=N–C) groups is 1. The summed E-state index contributed by atoms with van der Waals surface area (Å²) in [7, 11) is -4.44. The van der Waals surface area contributed by atoms with Crippen LogP contribution in [0.15, 0.2) is 11.2 Å². The van der Waals surface area contributed by atoms with Crippen LogP contribution in [0, 0.1) is 6.92 Å². The third-order valence-electron chi connectivity index (χ3n) is 3.83. The van der Waals surface area contributed by atoms with Gasteiger partial charge in [0.25, 0.3) is 0 Å². The first kappa shape index (κ1) is 25.1. The van der Waals surface area contributed by atoms with Crippen molar-refractivity contribution >= 4 is 37.5 Å². The third kappa shape index (κ3) is 8.92. The molecule has 0 aliphatic carbocycles. The van der Waals surface area contributed by atoms with Gasteiger partial charge in [0, 0.05) is 18.0 Å². The minimum atomic E-state index is -4.44. The quantitative estimate of drug-likeness (QED) is 0.148. The van der Waals surface area contributed by atoms with Crippen LogP contribution in [0.4, 0.5) is 0 Å². The van der Waals surface area contributed by atoms with E-state index >= 15 is 0 Å². The highest BCUT2D eigenvalue weighted by Gasteiger charge is 2.21. The summed E-state index contributed by atoms with van der Waals surface area (Å²) >= 11 is 1.34. The van der Waals surface area contributed by atoms with Crippen molar-refractivity contribution in [1.82, 2.24) is 4.98 Å². The number of nitrogens with zero attached hydrogens (tertiary/aromatic N) is 2. The first-order valence-corrected chi connectivity index (χ1v) is 11.4. The minimum absolute atomic E-state index is 0.00663. The number of carbonyl (C=O) groups is 2.